The molecule has 1 saturated heterocycles. The number of rotatable bonds is 7. The quantitative estimate of drug-likeness (QED) is 0.523. The van der Waals surface area contributed by atoms with Gasteiger partial charge in [-0.3, -0.25) is 14.2 Å². The topological polar surface area (TPSA) is 131 Å². The van der Waals surface area contributed by atoms with Crippen molar-refractivity contribution in [3.63, 3.8) is 0 Å². The number of carbonyl (C=O) groups excluding carboxylic acids is 2. The molecule has 1 aliphatic rings. The van der Waals surface area contributed by atoms with Gasteiger partial charge in [0, 0.05) is 44.7 Å². The Morgan fingerprint density at radius 2 is 1.82 bits per heavy atom. The Morgan fingerprint density at radius 1 is 1.09 bits per heavy atom. The Kier molecular flexibility index (Phi) is 6.53. The second-order valence-electron chi connectivity index (χ2n) is 7.93. The molecule has 2 N–H and O–H groups in total. The summed E-state index contributed by atoms with van der Waals surface area (Å²) in [6.45, 7) is 2.14. The number of aromatic nitrogens is 1. The van der Waals surface area contributed by atoms with E-state index >= 15 is 0 Å². The maximum atomic E-state index is 14.0. The number of hydrogen-bond donors (Lipinski definition) is 2. The molecule has 0 bridgehead atoms. The molecule has 10 nitrogen and oxygen atoms in total. The average molecular weight is 491 g/mol. The number of benzene rings is 2. The van der Waals surface area contributed by atoms with E-state index in [1.54, 1.807) is 0 Å². The lowest BCUT2D eigenvalue weighted by atomic mass is 10.2. The van der Waals surface area contributed by atoms with Crippen molar-refractivity contribution in [1.82, 2.24) is 8.87 Å². The average Bonchev–Trinajstić information content (AvgIpc) is 3.42. The Hall–Kier alpha value is -3.51. The van der Waals surface area contributed by atoms with E-state index in [0.29, 0.717) is 24.3 Å². The van der Waals surface area contributed by atoms with Crippen LogP contribution in [0.5, 0.6) is 0 Å². The normalized spacial score (nSPS) is 14.4. The first-order valence-corrected chi connectivity index (χ1v) is 12.1. The number of fused-ring (bicyclic) bond motifs is 1. The number of aryl methyl sites for hydroxylation is 1. The molecule has 4 rings (SSSR count). The smallest absolute Gasteiger partial charge is 0.408 e. The minimum atomic E-state index is -3.67. The fourth-order valence-electron chi connectivity index (χ4n) is 3.82. The van der Waals surface area contributed by atoms with E-state index in [0.717, 1.165) is 18.9 Å². The van der Waals surface area contributed by atoms with E-state index in [1.165, 1.54) is 46.1 Å². The zero-order chi connectivity index (χ0) is 24.5. The molecular weight excluding hydrogens is 467 g/mol. The van der Waals surface area contributed by atoms with Gasteiger partial charge in [-0.25, -0.2) is 17.6 Å². The molecular formula is C22H23FN4O6S. The molecule has 1 aromatic heterocycles. The van der Waals surface area contributed by atoms with E-state index in [9.17, 15) is 27.2 Å². The van der Waals surface area contributed by atoms with Crippen LogP contribution in [-0.2, 0) is 26.2 Å². The second kappa shape index (κ2) is 9.39. The number of hydrogen-bond acceptors (Lipinski definition) is 6. The Labute approximate surface area is 194 Å². The maximum Gasteiger partial charge on any atom is 0.419 e. The summed E-state index contributed by atoms with van der Waals surface area (Å²) in [5.74, 6) is -2.32. The summed E-state index contributed by atoms with van der Waals surface area (Å²) in [7, 11) is -3.67. The molecule has 2 amide bonds. The molecule has 0 unspecified atom stereocenters. The van der Waals surface area contributed by atoms with Crippen LogP contribution in [-0.4, -0.2) is 42.2 Å². The van der Waals surface area contributed by atoms with E-state index in [2.05, 4.69) is 10.6 Å². The van der Waals surface area contributed by atoms with Gasteiger partial charge >= 0.3 is 5.76 Å². The van der Waals surface area contributed by atoms with Gasteiger partial charge in [0.1, 0.15) is 5.82 Å². The van der Waals surface area contributed by atoms with E-state index in [1.807, 2.05) is 0 Å². The van der Waals surface area contributed by atoms with Crippen molar-refractivity contribution in [2.24, 2.45) is 0 Å². The van der Waals surface area contributed by atoms with E-state index in [-0.39, 0.29) is 35.0 Å². The lowest BCUT2D eigenvalue weighted by Gasteiger charge is -2.15. The molecule has 3 aromatic rings. The van der Waals surface area contributed by atoms with Crippen LogP contribution < -0.4 is 16.4 Å². The molecule has 0 saturated carbocycles. The summed E-state index contributed by atoms with van der Waals surface area (Å²) in [4.78, 5) is 35.9. The molecule has 0 atom stereocenters. The van der Waals surface area contributed by atoms with Gasteiger partial charge in [0.2, 0.25) is 21.8 Å². The minimum absolute atomic E-state index is 0.0371. The summed E-state index contributed by atoms with van der Waals surface area (Å²) < 4.78 is 47.4. The predicted molar refractivity (Wildman–Crippen MR) is 122 cm³/mol. The van der Waals surface area contributed by atoms with Gasteiger partial charge in [0.05, 0.1) is 16.1 Å². The van der Waals surface area contributed by atoms with Crippen molar-refractivity contribution in [2.75, 3.05) is 23.7 Å². The van der Waals surface area contributed by atoms with Gasteiger partial charge < -0.3 is 15.1 Å². The van der Waals surface area contributed by atoms with Crippen molar-refractivity contribution >= 4 is 44.3 Å². The third kappa shape index (κ3) is 4.87. The van der Waals surface area contributed by atoms with Gasteiger partial charge in [0.25, 0.3) is 0 Å². The lowest BCUT2D eigenvalue weighted by molar-refractivity contribution is -0.116. The molecule has 1 fully saturated rings. The van der Waals surface area contributed by atoms with Crippen molar-refractivity contribution in [1.29, 1.82) is 0 Å². The number of sulfonamides is 1. The second-order valence-corrected chi connectivity index (χ2v) is 9.87. The Bertz CT molecular complexity index is 1420. The number of anilines is 2. The van der Waals surface area contributed by atoms with Crippen LogP contribution in [0.4, 0.5) is 15.8 Å². The monoisotopic (exact) mass is 490 g/mol. The van der Waals surface area contributed by atoms with Crippen LogP contribution in [0.1, 0.15) is 26.2 Å². The number of nitrogens with one attached hydrogen (secondary N) is 2. The van der Waals surface area contributed by atoms with Crippen LogP contribution in [0, 0.1) is 5.82 Å². The van der Waals surface area contributed by atoms with Crippen molar-refractivity contribution in [2.45, 2.75) is 37.6 Å². The van der Waals surface area contributed by atoms with Crippen molar-refractivity contribution in [3.8, 4) is 0 Å². The van der Waals surface area contributed by atoms with Crippen LogP contribution in [0.2, 0.25) is 0 Å². The highest BCUT2D eigenvalue weighted by Gasteiger charge is 2.28. The highest BCUT2D eigenvalue weighted by molar-refractivity contribution is 7.89. The molecule has 2 heterocycles. The fraction of sp³-hybridized carbons (Fsp3) is 0.318. The molecule has 0 radical (unpaired) electrons. The molecule has 180 valence electrons. The largest absolute Gasteiger partial charge is 0.419 e. The Morgan fingerprint density at radius 3 is 2.53 bits per heavy atom. The third-order valence-electron chi connectivity index (χ3n) is 5.47. The van der Waals surface area contributed by atoms with E-state index < -0.39 is 27.5 Å². The summed E-state index contributed by atoms with van der Waals surface area (Å²) in [5, 5.41) is 4.92. The van der Waals surface area contributed by atoms with Gasteiger partial charge in [0.15, 0.2) is 5.58 Å². The molecule has 34 heavy (non-hydrogen) atoms. The lowest BCUT2D eigenvalue weighted by Crippen LogP contribution is -2.27. The van der Waals surface area contributed by atoms with Crippen molar-refractivity contribution in [3.05, 3.63) is 52.8 Å². The number of oxazole rings is 1. The zero-order valence-electron chi connectivity index (χ0n) is 18.3. The third-order valence-corrected chi connectivity index (χ3v) is 7.36. The van der Waals surface area contributed by atoms with Crippen LogP contribution >= 0.6 is 0 Å². The number of nitrogens with zero attached hydrogens (tertiary/aromatic N) is 2. The van der Waals surface area contributed by atoms with Gasteiger partial charge in [-0.2, -0.15) is 4.31 Å². The number of amides is 2. The SMILES string of the molecule is CC(=O)Nc1ccc(F)c(NC(=O)CCn2c(=O)oc3cc(S(=O)(=O)N4CCCC4)ccc32)c1. The standard InChI is InChI=1S/C22H23FN4O6S/c1-14(28)24-15-4-6-17(23)18(12-15)25-21(29)8-11-27-19-7-5-16(13-20(19)33-22(27)30)34(31,32)26-9-2-3-10-26/h4-7,12-13H,2-3,8-11H2,1H3,(H,24,28)(H,25,29). The maximum absolute atomic E-state index is 14.0. The Balaban J connectivity index is 1.48. The van der Waals surface area contributed by atoms with Gasteiger partial charge in [-0.05, 0) is 43.2 Å². The summed E-state index contributed by atoms with van der Waals surface area (Å²) in [6, 6.07) is 7.95. The van der Waals surface area contributed by atoms with Crippen LogP contribution in [0.3, 0.4) is 0 Å². The van der Waals surface area contributed by atoms with Crippen molar-refractivity contribution < 1.29 is 26.8 Å². The van der Waals surface area contributed by atoms with Gasteiger partial charge in [-0.1, -0.05) is 0 Å². The fourth-order valence-corrected chi connectivity index (χ4v) is 5.36. The van der Waals surface area contributed by atoms with Crippen LogP contribution in [0.15, 0.2) is 50.5 Å². The summed E-state index contributed by atoms with van der Waals surface area (Å²) in [5.41, 5.74) is 0.648. The predicted octanol–water partition coefficient (Wildman–Crippen LogP) is 2.51. The zero-order valence-corrected chi connectivity index (χ0v) is 19.2. The molecule has 2 aromatic carbocycles. The van der Waals surface area contributed by atoms with Crippen LogP contribution in [0.25, 0.3) is 11.1 Å². The molecule has 0 spiro atoms. The first-order chi connectivity index (χ1) is 16.1. The van der Waals surface area contributed by atoms with E-state index in [4.69, 9.17) is 4.42 Å². The minimum Gasteiger partial charge on any atom is -0.408 e. The molecule has 12 heteroatoms. The first kappa shape index (κ1) is 23.6. The number of halogens is 1. The highest BCUT2D eigenvalue weighted by atomic mass is 32.2. The highest BCUT2D eigenvalue weighted by Crippen LogP contribution is 2.25. The molecule has 1 aliphatic heterocycles. The summed E-state index contributed by atoms with van der Waals surface area (Å²) in [6.07, 6.45) is 1.43. The number of carbonyl (C=O) groups is 2. The first-order valence-electron chi connectivity index (χ1n) is 10.7. The van der Waals surface area contributed by atoms with Gasteiger partial charge in [-0.15, -0.1) is 0 Å². The summed E-state index contributed by atoms with van der Waals surface area (Å²) >= 11 is 0. The molecule has 0 aliphatic carbocycles.